The molecule has 6 unspecified atom stereocenters. The normalized spacial score (nSPS) is 22.8. The summed E-state index contributed by atoms with van der Waals surface area (Å²) in [5, 5.41) is 50.2. The maximum absolute atomic E-state index is 12.8. The molecule has 13 heteroatoms. The predicted molar refractivity (Wildman–Crippen MR) is 248 cm³/mol. The zero-order chi connectivity index (χ0) is 45.5. The van der Waals surface area contributed by atoms with Crippen LogP contribution in [0.5, 0.6) is 0 Å². The zero-order valence-electron chi connectivity index (χ0n) is 37.9. The largest absolute Gasteiger partial charge is 0.472 e. The second-order valence-electron chi connectivity index (χ2n) is 15.9. The lowest BCUT2D eigenvalue weighted by Crippen LogP contribution is -2.64. The molecule has 1 fully saturated rings. The van der Waals surface area contributed by atoms with Crippen molar-refractivity contribution in [1.82, 2.24) is 0 Å². The highest BCUT2D eigenvalue weighted by molar-refractivity contribution is 7.47. The van der Waals surface area contributed by atoms with Crippen LogP contribution in [0.25, 0.3) is 0 Å². The van der Waals surface area contributed by atoms with E-state index in [9.17, 15) is 39.8 Å². The molecule has 1 aliphatic carbocycles. The van der Waals surface area contributed by atoms with Gasteiger partial charge in [-0.15, -0.1) is 0 Å². The Labute approximate surface area is 373 Å². The Hall–Kier alpha value is -2.48. The molecule has 0 aromatic rings. The highest BCUT2D eigenvalue weighted by Gasteiger charge is 2.51. The van der Waals surface area contributed by atoms with E-state index in [1.807, 2.05) is 0 Å². The molecule has 0 amide bonds. The van der Waals surface area contributed by atoms with Crippen molar-refractivity contribution in [3.05, 3.63) is 85.1 Å². The number of carbonyl (C=O) groups excluding carboxylic acids is 1. The minimum atomic E-state index is -5.04. The monoisotopic (exact) mass is 895 g/mol. The Bertz CT molecular complexity index is 1340. The van der Waals surface area contributed by atoms with Crippen LogP contribution in [0.1, 0.15) is 155 Å². The summed E-state index contributed by atoms with van der Waals surface area (Å²) >= 11 is 0. The number of allylic oxidation sites excluding steroid dienone is 14. The fourth-order valence-electron chi connectivity index (χ4n) is 6.53. The van der Waals surface area contributed by atoms with Gasteiger partial charge in [-0.1, -0.05) is 144 Å². The van der Waals surface area contributed by atoms with Crippen molar-refractivity contribution in [1.29, 1.82) is 0 Å². The van der Waals surface area contributed by atoms with Crippen molar-refractivity contribution in [2.45, 2.75) is 198 Å². The van der Waals surface area contributed by atoms with Gasteiger partial charge in [0.1, 0.15) is 42.7 Å². The molecule has 1 rings (SSSR count). The molecule has 1 aliphatic rings. The molecule has 0 saturated heterocycles. The molecular formula is C49H83O12P. The summed E-state index contributed by atoms with van der Waals surface area (Å²) in [7, 11) is -5.04. The fourth-order valence-corrected chi connectivity index (χ4v) is 7.50. The molecule has 0 aliphatic heterocycles. The van der Waals surface area contributed by atoms with Crippen LogP contribution in [-0.2, 0) is 27.9 Å². The number of unbranched alkanes of at least 4 members (excludes halogenated alkanes) is 12. The molecule has 1 saturated carbocycles. The maximum atomic E-state index is 12.8. The van der Waals surface area contributed by atoms with Crippen LogP contribution in [0, 0.1) is 0 Å². The van der Waals surface area contributed by atoms with Gasteiger partial charge in [-0.3, -0.25) is 13.8 Å². The zero-order valence-corrected chi connectivity index (χ0v) is 38.8. The van der Waals surface area contributed by atoms with Gasteiger partial charge >= 0.3 is 13.8 Å². The van der Waals surface area contributed by atoms with Crippen molar-refractivity contribution in [3.8, 4) is 0 Å². The van der Waals surface area contributed by atoms with Gasteiger partial charge in [0.15, 0.2) is 0 Å². The summed E-state index contributed by atoms with van der Waals surface area (Å²) in [6.07, 6.45) is 39.3. The van der Waals surface area contributed by atoms with Crippen molar-refractivity contribution >= 4 is 13.8 Å². The number of carbonyl (C=O) groups is 1. The third-order valence-electron chi connectivity index (χ3n) is 10.3. The van der Waals surface area contributed by atoms with E-state index in [4.69, 9.17) is 18.5 Å². The van der Waals surface area contributed by atoms with Crippen LogP contribution >= 0.6 is 7.82 Å². The summed E-state index contributed by atoms with van der Waals surface area (Å²) < 4.78 is 34.2. The van der Waals surface area contributed by atoms with E-state index < -0.39 is 63.1 Å². The first-order valence-corrected chi connectivity index (χ1v) is 24.9. The van der Waals surface area contributed by atoms with E-state index in [0.29, 0.717) is 13.0 Å². The number of phosphoric acid groups is 1. The van der Waals surface area contributed by atoms with Crippen molar-refractivity contribution in [2.75, 3.05) is 19.8 Å². The molecule has 12 nitrogen and oxygen atoms in total. The Kier molecular flexibility index (Phi) is 36.1. The van der Waals surface area contributed by atoms with E-state index in [1.165, 1.54) is 19.3 Å². The lowest BCUT2D eigenvalue weighted by atomic mass is 9.85. The Balaban J connectivity index is 2.43. The molecule has 356 valence electrons. The second-order valence-corrected chi connectivity index (χ2v) is 17.3. The van der Waals surface area contributed by atoms with Gasteiger partial charge in [0, 0.05) is 13.0 Å². The first-order valence-electron chi connectivity index (χ1n) is 23.4. The Morgan fingerprint density at radius 2 is 0.952 bits per heavy atom. The van der Waals surface area contributed by atoms with Gasteiger partial charge in [0.25, 0.3) is 0 Å². The molecule has 0 radical (unpaired) electrons. The quantitative estimate of drug-likeness (QED) is 0.0149. The molecular weight excluding hydrogens is 812 g/mol. The third kappa shape index (κ3) is 30.6. The molecule has 0 bridgehead atoms. The van der Waals surface area contributed by atoms with E-state index >= 15 is 0 Å². The first kappa shape index (κ1) is 57.5. The van der Waals surface area contributed by atoms with Crippen LogP contribution in [0.2, 0.25) is 0 Å². The molecule has 0 spiro atoms. The minimum Gasteiger partial charge on any atom is -0.457 e. The first-order chi connectivity index (χ1) is 30.0. The Morgan fingerprint density at radius 1 is 0.532 bits per heavy atom. The molecule has 62 heavy (non-hydrogen) atoms. The topological polar surface area (TPSA) is 192 Å². The molecule has 0 aromatic carbocycles. The van der Waals surface area contributed by atoms with Gasteiger partial charge in [-0.05, 0) is 89.9 Å². The Morgan fingerprint density at radius 3 is 1.45 bits per heavy atom. The standard InChI is InChI=1S/C49H83O12P/c1-3-5-7-9-11-13-15-17-19-20-21-22-23-25-27-29-31-33-35-37-39-58-40-42(41-59-62(56,57)61-49-47(54)45(52)44(51)46(53)48(49)55)60-43(50)38-36-34-32-30-28-26-24-18-16-14-12-10-8-6-4-2/h5,7,11-14,17-19,21-22,24-25,27,42,44-49,51-55H,3-4,6,8-10,15-16,20,23,26,28-41H2,1-2H3,(H,56,57)/b7-5-,13-11-,14-12-,19-17-,22-21-,24-18-,27-25-. The van der Waals surface area contributed by atoms with E-state index in [-0.39, 0.29) is 13.0 Å². The summed E-state index contributed by atoms with van der Waals surface area (Å²) in [6, 6.07) is 0. The van der Waals surface area contributed by atoms with Gasteiger partial charge in [-0.25, -0.2) is 4.57 Å². The van der Waals surface area contributed by atoms with Crippen LogP contribution in [0.4, 0.5) is 0 Å². The highest BCUT2D eigenvalue weighted by atomic mass is 31.2. The van der Waals surface area contributed by atoms with E-state index in [1.54, 1.807) is 0 Å². The molecule has 0 heterocycles. The van der Waals surface area contributed by atoms with Gasteiger partial charge < -0.3 is 39.9 Å². The SMILES string of the molecule is CC/C=C\C/C=C\C/C=C\C/C=C\C/C=C\CCCCCCOCC(COP(=O)(O)OC1C(O)C(O)C(O)C(O)C1O)OC(=O)CCCCCCC/C=C\C/C=C\CCCCC. The summed E-state index contributed by atoms with van der Waals surface area (Å²) in [5.74, 6) is -0.505. The van der Waals surface area contributed by atoms with E-state index in [2.05, 4.69) is 98.9 Å². The second kappa shape index (κ2) is 38.9. The maximum Gasteiger partial charge on any atom is 0.472 e. The molecule has 6 atom stereocenters. The van der Waals surface area contributed by atoms with Gasteiger partial charge in [-0.2, -0.15) is 0 Å². The van der Waals surface area contributed by atoms with Crippen LogP contribution in [-0.4, -0.2) is 98.9 Å². The third-order valence-corrected chi connectivity index (χ3v) is 11.2. The van der Waals surface area contributed by atoms with Gasteiger partial charge in [0.05, 0.1) is 13.2 Å². The number of hydrogen-bond acceptors (Lipinski definition) is 11. The molecule has 0 aromatic heterocycles. The highest BCUT2D eigenvalue weighted by Crippen LogP contribution is 2.47. The average Bonchev–Trinajstić information content (AvgIpc) is 3.26. The van der Waals surface area contributed by atoms with E-state index in [0.717, 1.165) is 109 Å². The number of aliphatic hydroxyl groups is 5. The number of rotatable bonds is 38. The van der Waals surface area contributed by atoms with Crippen LogP contribution in [0.15, 0.2) is 85.1 Å². The summed E-state index contributed by atoms with van der Waals surface area (Å²) in [6.45, 7) is 4.03. The minimum absolute atomic E-state index is 0.105. The number of phosphoric ester groups is 1. The lowest BCUT2D eigenvalue weighted by Gasteiger charge is -2.41. The average molecular weight is 895 g/mol. The summed E-state index contributed by atoms with van der Waals surface area (Å²) in [5.41, 5.74) is 0. The predicted octanol–water partition coefficient (Wildman–Crippen LogP) is 9.75. The number of ether oxygens (including phenoxy) is 2. The lowest BCUT2D eigenvalue weighted by molar-refractivity contribution is -0.220. The number of hydrogen-bond donors (Lipinski definition) is 6. The van der Waals surface area contributed by atoms with Crippen molar-refractivity contribution in [2.24, 2.45) is 0 Å². The number of esters is 1. The van der Waals surface area contributed by atoms with Gasteiger partial charge in [0.2, 0.25) is 0 Å². The molecule has 6 N–H and O–H groups in total. The van der Waals surface area contributed by atoms with Crippen molar-refractivity contribution < 1.29 is 58.3 Å². The summed E-state index contributed by atoms with van der Waals surface area (Å²) in [4.78, 5) is 23.2. The number of aliphatic hydroxyl groups excluding tert-OH is 5. The fraction of sp³-hybridized carbons (Fsp3) is 0.694. The smallest absolute Gasteiger partial charge is 0.457 e. The van der Waals surface area contributed by atoms with Crippen molar-refractivity contribution in [3.63, 3.8) is 0 Å². The van der Waals surface area contributed by atoms with Crippen LogP contribution < -0.4 is 0 Å². The van der Waals surface area contributed by atoms with Crippen LogP contribution in [0.3, 0.4) is 0 Å².